The van der Waals surface area contributed by atoms with E-state index in [2.05, 4.69) is 24.3 Å². The zero-order valence-corrected chi connectivity index (χ0v) is 8.81. The minimum absolute atomic E-state index is 0.969. The lowest BCUT2D eigenvalue weighted by molar-refractivity contribution is 0.294. The summed E-state index contributed by atoms with van der Waals surface area (Å²) < 4.78 is 31.6. The van der Waals surface area contributed by atoms with Crippen molar-refractivity contribution in [2.45, 2.75) is 24.7 Å². The summed E-state index contributed by atoms with van der Waals surface area (Å²) in [5.41, 5.74) is 3.28. The molecule has 0 spiro atoms. The van der Waals surface area contributed by atoms with Crippen LogP contribution in [-0.2, 0) is 10.4 Å². The van der Waals surface area contributed by atoms with Crippen molar-refractivity contribution in [2.75, 3.05) is 0 Å². The summed E-state index contributed by atoms with van der Waals surface area (Å²) >= 11 is 0. The molecule has 1 fully saturated rings. The number of fused-ring (bicyclic) bond motifs is 4. The van der Waals surface area contributed by atoms with Gasteiger partial charge in [-0.2, -0.15) is 8.42 Å². The van der Waals surface area contributed by atoms with Crippen LogP contribution in [0, 0.1) is 0 Å². The zero-order valence-electron chi connectivity index (χ0n) is 8.00. The van der Waals surface area contributed by atoms with Crippen LogP contribution < -0.4 is 0 Å². The fourth-order valence-electron chi connectivity index (χ4n) is 2.33. The summed E-state index contributed by atoms with van der Waals surface area (Å²) in [6, 6.07) is 8.89. The Morgan fingerprint density at radius 1 is 1.00 bits per heavy atom. The Morgan fingerprint density at radius 3 is 1.60 bits per heavy atom. The van der Waals surface area contributed by atoms with E-state index in [1.165, 1.54) is 12.8 Å². The molecular formula is C10H12O4S. The molecule has 2 aliphatic carbocycles. The highest BCUT2D eigenvalue weighted by Gasteiger charge is 2.43. The van der Waals surface area contributed by atoms with Crippen molar-refractivity contribution < 1.29 is 17.5 Å². The molecule has 1 aromatic carbocycles. The average molecular weight is 228 g/mol. The van der Waals surface area contributed by atoms with Crippen LogP contribution in [0.3, 0.4) is 0 Å². The Hall–Kier alpha value is -0.910. The monoisotopic (exact) mass is 228 g/mol. The number of hydrogen-bond acceptors (Lipinski definition) is 2. The minimum Gasteiger partial charge on any atom is -0.264 e. The first-order valence-corrected chi connectivity index (χ1v) is 6.15. The fraction of sp³-hybridized carbons (Fsp3) is 0.400. The molecule has 4 nitrogen and oxygen atoms in total. The van der Waals surface area contributed by atoms with Crippen molar-refractivity contribution in [3.05, 3.63) is 35.4 Å². The predicted octanol–water partition coefficient (Wildman–Crippen LogP) is 2.01. The second-order valence-corrected chi connectivity index (χ2v) is 4.76. The summed E-state index contributed by atoms with van der Waals surface area (Å²) in [5.74, 6) is 1.94. The number of hydrogen-bond donors (Lipinski definition) is 2. The largest absolute Gasteiger partial charge is 0.394 e. The molecule has 1 saturated carbocycles. The third-order valence-electron chi connectivity index (χ3n) is 3.07. The van der Waals surface area contributed by atoms with Gasteiger partial charge in [0.25, 0.3) is 0 Å². The zero-order chi connectivity index (χ0) is 11.1. The molecule has 2 atom stereocenters. The van der Waals surface area contributed by atoms with E-state index in [0.717, 1.165) is 11.8 Å². The average Bonchev–Trinajstić information content (AvgIpc) is 2.03. The normalized spacial score (nSPS) is 26.0. The van der Waals surface area contributed by atoms with Crippen molar-refractivity contribution in [3.63, 3.8) is 0 Å². The first-order chi connectivity index (χ1) is 6.97. The lowest BCUT2D eigenvalue weighted by Crippen LogP contribution is -2.32. The van der Waals surface area contributed by atoms with E-state index in [1.807, 2.05) is 0 Å². The molecule has 0 aromatic heterocycles. The van der Waals surface area contributed by atoms with Gasteiger partial charge in [-0.3, -0.25) is 9.11 Å². The minimum atomic E-state index is -4.67. The van der Waals surface area contributed by atoms with Gasteiger partial charge in [0.2, 0.25) is 0 Å². The molecule has 0 radical (unpaired) electrons. The summed E-state index contributed by atoms with van der Waals surface area (Å²) in [4.78, 5) is 0. The van der Waals surface area contributed by atoms with E-state index in [0.29, 0.717) is 0 Å². The van der Waals surface area contributed by atoms with Crippen molar-refractivity contribution in [2.24, 2.45) is 0 Å². The molecule has 0 bridgehead atoms. The molecule has 82 valence electrons. The van der Waals surface area contributed by atoms with Crippen LogP contribution in [0.5, 0.6) is 0 Å². The molecular weight excluding hydrogens is 216 g/mol. The van der Waals surface area contributed by atoms with E-state index < -0.39 is 10.4 Å². The van der Waals surface area contributed by atoms with Crippen LogP contribution >= 0.6 is 0 Å². The van der Waals surface area contributed by atoms with Gasteiger partial charge in [-0.15, -0.1) is 0 Å². The molecule has 2 aliphatic rings. The third kappa shape index (κ3) is 2.19. The molecule has 0 amide bonds. The lowest BCUT2D eigenvalue weighted by Gasteiger charge is -2.48. The summed E-state index contributed by atoms with van der Waals surface area (Å²) in [5, 5.41) is 0. The Morgan fingerprint density at radius 2 is 1.33 bits per heavy atom. The molecule has 1 aromatic rings. The highest BCUT2D eigenvalue weighted by atomic mass is 32.3. The van der Waals surface area contributed by atoms with Crippen LogP contribution in [0.4, 0.5) is 0 Å². The molecule has 5 heteroatoms. The topological polar surface area (TPSA) is 74.6 Å². The van der Waals surface area contributed by atoms with Gasteiger partial charge in [-0.25, -0.2) is 0 Å². The second kappa shape index (κ2) is 3.59. The standard InChI is InChI=1S/C10H10.H2O4S/c1-2-4-8-7(3-1)9-5-6-10(8)9;1-5(2,3)4/h1-4,9-10H,5-6H2;(H2,1,2,3,4). The molecule has 0 heterocycles. The molecule has 15 heavy (non-hydrogen) atoms. The Labute approximate surface area is 88.5 Å². The number of rotatable bonds is 0. The molecule has 0 aliphatic heterocycles. The van der Waals surface area contributed by atoms with Crippen molar-refractivity contribution in [1.82, 2.24) is 0 Å². The Bertz CT molecular complexity index is 429. The van der Waals surface area contributed by atoms with Gasteiger partial charge in [-0.05, 0) is 35.8 Å². The second-order valence-electron chi connectivity index (χ2n) is 3.87. The summed E-state index contributed by atoms with van der Waals surface area (Å²) in [7, 11) is -4.67. The first kappa shape index (κ1) is 10.6. The Kier molecular flexibility index (Phi) is 2.54. The quantitative estimate of drug-likeness (QED) is 0.666. The van der Waals surface area contributed by atoms with Gasteiger partial charge in [-0.1, -0.05) is 24.3 Å². The molecule has 2 unspecified atom stereocenters. The predicted molar refractivity (Wildman–Crippen MR) is 55.3 cm³/mol. The maximum atomic E-state index is 8.74. The van der Waals surface area contributed by atoms with Crippen molar-refractivity contribution in [1.29, 1.82) is 0 Å². The Balaban J connectivity index is 0.000000149. The van der Waals surface area contributed by atoms with Gasteiger partial charge < -0.3 is 0 Å². The van der Waals surface area contributed by atoms with E-state index in [9.17, 15) is 0 Å². The molecule has 0 saturated heterocycles. The maximum Gasteiger partial charge on any atom is 0.394 e. The van der Waals surface area contributed by atoms with Crippen LogP contribution in [0.2, 0.25) is 0 Å². The van der Waals surface area contributed by atoms with Crippen LogP contribution in [-0.4, -0.2) is 17.5 Å². The first-order valence-electron chi connectivity index (χ1n) is 4.75. The van der Waals surface area contributed by atoms with Gasteiger partial charge >= 0.3 is 10.4 Å². The van der Waals surface area contributed by atoms with Gasteiger partial charge in [0.05, 0.1) is 0 Å². The molecule has 3 rings (SSSR count). The number of benzene rings is 1. The highest BCUT2D eigenvalue weighted by Crippen LogP contribution is 2.59. The SMILES string of the molecule is O=S(=O)(O)O.c1ccc2c(c1)C1CCC21. The maximum absolute atomic E-state index is 8.74. The van der Waals surface area contributed by atoms with E-state index in [1.54, 1.807) is 11.1 Å². The van der Waals surface area contributed by atoms with Gasteiger partial charge in [0, 0.05) is 0 Å². The summed E-state index contributed by atoms with van der Waals surface area (Å²) in [6.07, 6.45) is 2.89. The lowest BCUT2D eigenvalue weighted by atomic mass is 9.56. The van der Waals surface area contributed by atoms with Gasteiger partial charge in [0.1, 0.15) is 0 Å². The van der Waals surface area contributed by atoms with E-state index in [-0.39, 0.29) is 0 Å². The van der Waals surface area contributed by atoms with Crippen LogP contribution in [0.15, 0.2) is 24.3 Å². The van der Waals surface area contributed by atoms with Gasteiger partial charge in [0.15, 0.2) is 0 Å². The van der Waals surface area contributed by atoms with E-state index in [4.69, 9.17) is 17.5 Å². The van der Waals surface area contributed by atoms with Crippen molar-refractivity contribution in [3.8, 4) is 0 Å². The van der Waals surface area contributed by atoms with Crippen molar-refractivity contribution >= 4 is 10.4 Å². The van der Waals surface area contributed by atoms with Crippen LogP contribution in [0.25, 0.3) is 0 Å². The fourth-order valence-corrected chi connectivity index (χ4v) is 2.33. The van der Waals surface area contributed by atoms with Crippen LogP contribution in [0.1, 0.15) is 35.8 Å². The third-order valence-corrected chi connectivity index (χ3v) is 3.07. The highest BCUT2D eigenvalue weighted by molar-refractivity contribution is 7.79. The molecule has 2 N–H and O–H groups in total. The van der Waals surface area contributed by atoms with E-state index >= 15 is 0 Å². The smallest absolute Gasteiger partial charge is 0.264 e. The summed E-state index contributed by atoms with van der Waals surface area (Å²) in [6.45, 7) is 0.